The third-order valence-electron chi connectivity index (χ3n) is 5.78. The SMILES string of the molecule is CC(C)(C)OC(=O)NC(=NCc1cnc(-c2ccc(Cl)cc2)c(-c2ccc(OC(F)(F)F)cc2)c1)NS(=O)(=O)c1ccccc1. The number of aliphatic imine (C=N–C) groups is 1. The van der Waals surface area contributed by atoms with E-state index in [9.17, 15) is 26.4 Å². The number of amides is 1. The highest BCUT2D eigenvalue weighted by atomic mass is 35.5. The maximum Gasteiger partial charge on any atom is 0.573 e. The number of nitrogens with one attached hydrogen (secondary N) is 2. The van der Waals surface area contributed by atoms with Crippen molar-refractivity contribution in [3.63, 3.8) is 0 Å². The Kier molecular flexibility index (Phi) is 10.0. The van der Waals surface area contributed by atoms with E-state index < -0.39 is 39.8 Å². The summed E-state index contributed by atoms with van der Waals surface area (Å²) in [5.74, 6) is -0.790. The quantitative estimate of drug-likeness (QED) is 0.158. The summed E-state index contributed by atoms with van der Waals surface area (Å²) < 4.78 is 75.7. The van der Waals surface area contributed by atoms with Gasteiger partial charge in [-0.05, 0) is 74.4 Å². The molecule has 4 aromatic rings. The van der Waals surface area contributed by atoms with Crippen LogP contribution in [0.25, 0.3) is 22.4 Å². The number of pyridine rings is 1. The van der Waals surface area contributed by atoms with Crippen molar-refractivity contribution in [2.24, 2.45) is 4.99 Å². The number of ether oxygens (including phenoxy) is 2. The van der Waals surface area contributed by atoms with Gasteiger partial charge in [0.2, 0.25) is 5.96 Å². The van der Waals surface area contributed by atoms with Crippen molar-refractivity contribution >= 4 is 33.7 Å². The Balaban J connectivity index is 1.71. The van der Waals surface area contributed by atoms with Crippen molar-refractivity contribution in [1.29, 1.82) is 0 Å². The number of alkyl carbamates (subject to hydrolysis) is 1. The molecule has 236 valence electrons. The predicted octanol–water partition coefficient (Wildman–Crippen LogP) is 7.33. The van der Waals surface area contributed by atoms with Gasteiger partial charge < -0.3 is 9.47 Å². The monoisotopic (exact) mass is 660 g/mol. The topological polar surface area (TPSA) is 119 Å². The molecule has 2 N–H and O–H groups in total. The summed E-state index contributed by atoms with van der Waals surface area (Å²) in [5.41, 5.74) is 1.86. The molecule has 0 fully saturated rings. The summed E-state index contributed by atoms with van der Waals surface area (Å²) in [4.78, 5) is 21.3. The van der Waals surface area contributed by atoms with Gasteiger partial charge in [-0.2, -0.15) is 0 Å². The van der Waals surface area contributed by atoms with Gasteiger partial charge in [0.1, 0.15) is 11.4 Å². The summed E-state index contributed by atoms with van der Waals surface area (Å²) in [7, 11) is -4.14. The van der Waals surface area contributed by atoms with E-state index in [0.29, 0.717) is 33.0 Å². The lowest BCUT2D eigenvalue weighted by Crippen LogP contribution is -2.45. The number of carbonyl (C=O) groups excluding carboxylic acids is 1. The average molecular weight is 661 g/mol. The molecule has 0 aliphatic rings. The van der Waals surface area contributed by atoms with E-state index in [4.69, 9.17) is 16.3 Å². The van der Waals surface area contributed by atoms with Crippen LogP contribution in [0.2, 0.25) is 5.02 Å². The van der Waals surface area contributed by atoms with Crippen LogP contribution in [0.5, 0.6) is 5.75 Å². The number of sulfonamides is 1. The number of aromatic nitrogens is 1. The van der Waals surface area contributed by atoms with Gasteiger partial charge in [0.15, 0.2) is 0 Å². The molecule has 1 amide bonds. The van der Waals surface area contributed by atoms with Gasteiger partial charge in [-0.3, -0.25) is 10.3 Å². The third kappa shape index (κ3) is 9.95. The molecule has 45 heavy (non-hydrogen) atoms. The summed E-state index contributed by atoms with van der Waals surface area (Å²) in [5, 5.41) is 2.85. The molecular weight excluding hydrogens is 633 g/mol. The van der Waals surface area contributed by atoms with Crippen LogP contribution in [-0.2, 0) is 21.3 Å². The molecule has 9 nitrogen and oxygen atoms in total. The van der Waals surface area contributed by atoms with Crippen LogP contribution in [0.4, 0.5) is 18.0 Å². The molecule has 0 saturated carbocycles. The molecular formula is C31H28ClF3N4O5S. The Labute approximate surface area is 263 Å². The molecule has 0 radical (unpaired) electrons. The number of rotatable bonds is 7. The maximum atomic E-state index is 13.0. The van der Waals surface area contributed by atoms with Gasteiger partial charge in [-0.25, -0.2) is 22.9 Å². The minimum atomic E-state index is -4.84. The number of nitrogens with zero attached hydrogens (tertiary/aromatic N) is 2. The van der Waals surface area contributed by atoms with Crippen LogP contribution < -0.4 is 14.8 Å². The highest BCUT2D eigenvalue weighted by Crippen LogP contribution is 2.34. The summed E-state index contributed by atoms with van der Waals surface area (Å²) >= 11 is 6.05. The van der Waals surface area contributed by atoms with Gasteiger partial charge in [0.25, 0.3) is 10.0 Å². The van der Waals surface area contributed by atoms with Crippen LogP contribution in [0.1, 0.15) is 26.3 Å². The van der Waals surface area contributed by atoms with Gasteiger partial charge in [-0.1, -0.05) is 54.1 Å². The van der Waals surface area contributed by atoms with Crippen molar-refractivity contribution in [3.8, 4) is 28.1 Å². The van der Waals surface area contributed by atoms with E-state index in [-0.39, 0.29) is 11.4 Å². The van der Waals surface area contributed by atoms with E-state index >= 15 is 0 Å². The smallest absolute Gasteiger partial charge is 0.444 e. The summed E-state index contributed by atoms with van der Waals surface area (Å²) in [6.45, 7) is 4.79. The fraction of sp³-hybridized carbons (Fsp3) is 0.194. The second kappa shape index (κ2) is 13.6. The molecule has 0 spiro atoms. The first-order valence-electron chi connectivity index (χ1n) is 13.3. The summed E-state index contributed by atoms with van der Waals surface area (Å²) in [6, 6.07) is 21.3. The lowest BCUT2D eigenvalue weighted by Gasteiger charge is -2.20. The molecule has 4 rings (SSSR count). The van der Waals surface area contributed by atoms with E-state index in [1.165, 1.54) is 42.6 Å². The number of benzene rings is 3. The Bertz CT molecular complexity index is 1780. The molecule has 1 aromatic heterocycles. The molecule has 0 atom stereocenters. The van der Waals surface area contributed by atoms with Crippen molar-refractivity contribution < 1.29 is 35.9 Å². The first kappa shape index (κ1) is 33.3. The molecule has 0 aliphatic heterocycles. The minimum Gasteiger partial charge on any atom is -0.444 e. The van der Waals surface area contributed by atoms with Crippen molar-refractivity contribution in [1.82, 2.24) is 15.0 Å². The molecule has 3 aromatic carbocycles. The Morgan fingerprint density at radius 1 is 0.933 bits per heavy atom. The first-order valence-corrected chi connectivity index (χ1v) is 15.2. The Morgan fingerprint density at radius 3 is 2.16 bits per heavy atom. The number of hydrogen-bond donors (Lipinski definition) is 2. The van der Waals surface area contributed by atoms with E-state index in [1.807, 2.05) is 0 Å². The Hall–Kier alpha value is -4.62. The van der Waals surface area contributed by atoms with Gasteiger partial charge >= 0.3 is 12.5 Å². The molecule has 14 heteroatoms. The maximum absolute atomic E-state index is 13.0. The molecule has 1 heterocycles. The number of halogens is 4. The van der Waals surface area contributed by atoms with E-state index in [2.05, 4.69) is 24.8 Å². The standard InChI is InChI=1S/C31H28ClF3N4O5S/c1-30(2,3)44-29(40)38-28(39-45(41,42)25-7-5-4-6-8-25)37-19-20-17-26(21-11-15-24(16-12-21)43-31(33,34)35)27(36-18-20)22-9-13-23(32)14-10-22/h4-18H,19H2,1-3H3,(H2,37,38,39,40). The second-order valence-corrected chi connectivity index (χ2v) is 12.6. The predicted molar refractivity (Wildman–Crippen MR) is 164 cm³/mol. The second-order valence-electron chi connectivity index (χ2n) is 10.5. The lowest BCUT2D eigenvalue weighted by atomic mass is 9.98. The fourth-order valence-corrected chi connectivity index (χ4v) is 5.07. The number of alkyl halides is 3. The number of guanidine groups is 1. The highest BCUT2D eigenvalue weighted by Gasteiger charge is 2.31. The zero-order valence-electron chi connectivity index (χ0n) is 24.2. The van der Waals surface area contributed by atoms with Crippen LogP contribution in [0.15, 0.2) is 101 Å². The third-order valence-corrected chi connectivity index (χ3v) is 7.39. The molecule has 0 aliphatic carbocycles. The van der Waals surface area contributed by atoms with Crippen molar-refractivity contribution in [2.75, 3.05) is 0 Å². The van der Waals surface area contributed by atoms with Crippen LogP contribution >= 0.6 is 11.6 Å². The lowest BCUT2D eigenvalue weighted by molar-refractivity contribution is -0.274. The molecule has 0 saturated heterocycles. The van der Waals surface area contributed by atoms with Crippen LogP contribution in [-0.4, -0.2) is 37.4 Å². The normalized spacial score (nSPS) is 12.4. The first-order chi connectivity index (χ1) is 21.1. The summed E-state index contributed by atoms with van der Waals surface area (Å²) in [6.07, 6.45) is -4.27. The molecule has 0 bridgehead atoms. The van der Waals surface area contributed by atoms with Gasteiger partial charge in [-0.15, -0.1) is 13.2 Å². The van der Waals surface area contributed by atoms with Crippen LogP contribution in [0, 0.1) is 0 Å². The zero-order valence-corrected chi connectivity index (χ0v) is 25.8. The largest absolute Gasteiger partial charge is 0.573 e. The van der Waals surface area contributed by atoms with Crippen molar-refractivity contribution in [2.45, 2.75) is 44.2 Å². The average Bonchev–Trinajstić information content (AvgIpc) is 2.95. The fourth-order valence-electron chi connectivity index (χ4n) is 3.94. The highest BCUT2D eigenvalue weighted by molar-refractivity contribution is 7.90. The zero-order chi connectivity index (χ0) is 32.8. The van der Waals surface area contributed by atoms with E-state index in [1.54, 1.807) is 69.3 Å². The van der Waals surface area contributed by atoms with Crippen molar-refractivity contribution in [3.05, 3.63) is 102 Å². The molecule has 0 unspecified atom stereocenters. The minimum absolute atomic E-state index is 0.0575. The van der Waals surface area contributed by atoms with Gasteiger partial charge in [0, 0.05) is 22.3 Å². The number of hydrogen-bond acceptors (Lipinski definition) is 7. The number of carbonyl (C=O) groups is 1. The van der Waals surface area contributed by atoms with Gasteiger partial charge in [0.05, 0.1) is 17.1 Å². The van der Waals surface area contributed by atoms with E-state index in [0.717, 1.165) is 0 Å². The Morgan fingerprint density at radius 2 is 1.56 bits per heavy atom. The van der Waals surface area contributed by atoms with Crippen LogP contribution in [0.3, 0.4) is 0 Å².